The molecule has 9 rings (SSSR count). The van der Waals surface area contributed by atoms with Crippen LogP contribution >= 0.6 is 0 Å². The van der Waals surface area contributed by atoms with Crippen molar-refractivity contribution in [1.82, 2.24) is 38.7 Å². The van der Waals surface area contributed by atoms with Gasteiger partial charge in [-0.05, 0) is 176 Å². The van der Waals surface area contributed by atoms with Crippen molar-refractivity contribution in [2.45, 2.75) is 122 Å². The van der Waals surface area contributed by atoms with E-state index in [2.05, 4.69) is 44.3 Å². The molecular formula is C57H74F2N8O4S. The number of fused-ring (bicyclic) bond motifs is 2. The Kier molecular flexibility index (Phi) is 17.0. The fourth-order valence-corrected chi connectivity index (χ4v) is 12.0. The normalized spacial score (nSPS) is 18.0. The molecule has 3 fully saturated rings. The van der Waals surface area contributed by atoms with Gasteiger partial charge in [0.2, 0.25) is 0 Å². The monoisotopic (exact) mass is 1000 g/mol. The first-order valence-electron chi connectivity index (χ1n) is 26.1. The second-order valence-electron chi connectivity index (χ2n) is 21.3. The predicted molar refractivity (Wildman–Crippen MR) is 284 cm³/mol. The number of carbonyl (C=O) groups is 2. The van der Waals surface area contributed by atoms with Crippen LogP contribution in [0.3, 0.4) is 0 Å². The first-order chi connectivity index (χ1) is 34.5. The van der Waals surface area contributed by atoms with Gasteiger partial charge in [-0.3, -0.25) is 24.5 Å². The van der Waals surface area contributed by atoms with Crippen LogP contribution in [-0.4, -0.2) is 130 Å². The van der Waals surface area contributed by atoms with Gasteiger partial charge in [0.15, 0.2) is 9.84 Å². The number of nitrogens with zero attached hydrogens (tertiary/aromatic N) is 8. The Balaban J connectivity index is 0.000000204. The van der Waals surface area contributed by atoms with Gasteiger partial charge in [0, 0.05) is 74.5 Å². The molecule has 6 aromatic rings. The second-order valence-corrected chi connectivity index (χ2v) is 23.4. The van der Waals surface area contributed by atoms with Crippen LogP contribution in [0, 0.1) is 17.6 Å². The number of sulfone groups is 1. The largest absolute Gasteiger partial charge is 0.339 e. The van der Waals surface area contributed by atoms with Crippen molar-refractivity contribution in [3.05, 3.63) is 120 Å². The highest BCUT2D eigenvalue weighted by atomic mass is 32.2. The van der Waals surface area contributed by atoms with Gasteiger partial charge in [-0.1, -0.05) is 25.7 Å². The van der Waals surface area contributed by atoms with Crippen LogP contribution in [0.4, 0.5) is 8.78 Å². The lowest BCUT2D eigenvalue weighted by atomic mass is 9.92. The number of amides is 2. The first-order valence-corrected chi connectivity index (χ1v) is 28.2. The highest BCUT2D eigenvalue weighted by Gasteiger charge is 2.29. The molecule has 4 aromatic heterocycles. The van der Waals surface area contributed by atoms with Crippen LogP contribution < -0.4 is 0 Å². The number of carbonyl (C=O) groups excluding carboxylic acids is 2. The van der Waals surface area contributed by atoms with E-state index in [0.29, 0.717) is 40.3 Å². The molecule has 1 atom stereocenters. The fourth-order valence-electron chi connectivity index (χ4n) is 11.1. The summed E-state index contributed by atoms with van der Waals surface area (Å²) in [4.78, 5) is 43.2. The summed E-state index contributed by atoms with van der Waals surface area (Å²) in [6.45, 7) is 12.7. The van der Waals surface area contributed by atoms with E-state index >= 15 is 0 Å². The van der Waals surface area contributed by atoms with Crippen molar-refractivity contribution < 1.29 is 26.8 Å². The Labute approximate surface area is 425 Å². The maximum absolute atomic E-state index is 14.4. The Morgan fingerprint density at radius 3 is 1.56 bits per heavy atom. The third kappa shape index (κ3) is 12.3. The van der Waals surface area contributed by atoms with E-state index in [1.54, 1.807) is 36.0 Å². The molecule has 386 valence electrons. The zero-order valence-electron chi connectivity index (χ0n) is 43.4. The quantitative estimate of drug-likeness (QED) is 0.111. The summed E-state index contributed by atoms with van der Waals surface area (Å²) in [6, 6.07) is 13.1. The van der Waals surface area contributed by atoms with Crippen molar-refractivity contribution in [3.8, 4) is 11.4 Å². The van der Waals surface area contributed by atoms with Crippen molar-refractivity contribution >= 4 is 43.5 Å². The van der Waals surface area contributed by atoms with Crippen molar-refractivity contribution in [3.63, 3.8) is 0 Å². The lowest BCUT2D eigenvalue weighted by Gasteiger charge is -2.34. The van der Waals surface area contributed by atoms with E-state index in [4.69, 9.17) is 0 Å². The summed E-state index contributed by atoms with van der Waals surface area (Å²) >= 11 is 0. The highest BCUT2D eigenvalue weighted by molar-refractivity contribution is 7.90. The van der Waals surface area contributed by atoms with Gasteiger partial charge in [0.25, 0.3) is 11.8 Å². The minimum atomic E-state index is -2.98. The first kappa shape index (κ1) is 52.8. The van der Waals surface area contributed by atoms with Gasteiger partial charge in [-0.2, -0.15) is 0 Å². The summed E-state index contributed by atoms with van der Waals surface area (Å²) in [7, 11) is 0.527. The number of pyridine rings is 2. The molecule has 0 spiro atoms. The summed E-state index contributed by atoms with van der Waals surface area (Å²) < 4.78 is 56.0. The topological polar surface area (TPSA) is 117 Å². The van der Waals surface area contributed by atoms with Crippen LogP contribution in [0.25, 0.3) is 33.2 Å². The number of benzene rings is 2. The minimum Gasteiger partial charge on any atom is -0.339 e. The molecule has 2 aromatic carbocycles. The molecule has 2 saturated heterocycles. The van der Waals surface area contributed by atoms with E-state index in [9.17, 15) is 26.8 Å². The Morgan fingerprint density at radius 1 is 0.625 bits per heavy atom. The van der Waals surface area contributed by atoms with Gasteiger partial charge in [-0.15, -0.1) is 0 Å². The maximum Gasteiger partial charge on any atom is 0.256 e. The zero-order valence-corrected chi connectivity index (χ0v) is 44.2. The molecule has 0 N–H and O–H groups in total. The number of aromatic nitrogens is 4. The van der Waals surface area contributed by atoms with Crippen LogP contribution in [0.1, 0.15) is 142 Å². The Hall–Kier alpha value is -5.51. The van der Waals surface area contributed by atoms with Gasteiger partial charge in [0.05, 0.1) is 45.9 Å². The third-order valence-electron chi connectivity index (χ3n) is 15.6. The summed E-state index contributed by atoms with van der Waals surface area (Å²) in [5.41, 5.74) is 6.53. The molecule has 1 unspecified atom stereocenters. The van der Waals surface area contributed by atoms with Gasteiger partial charge in [0.1, 0.15) is 17.5 Å². The van der Waals surface area contributed by atoms with Crippen molar-refractivity contribution in [2.24, 2.45) is 5.92 Å². The molecule has 1 aliphatic carbocycles. The number of piperidine rings is 1. The minimum absolute atomic E-state index is 0.0128. The number of rotatable bonds is 12. The smallest absolute Gasteiger partial charge is 0.256 e. The molecule has 6 heterocycles. The van der Waals surface area contributed by atoms with Crippen LogP contribution in [0.2, 0.25) is 0 Å². The molecule has 12 nitrogen and oxygen atoms in total. The second kappa shape index (κ2) is 23.1. The maximum atomic E-state index is 14.4. The Bertz CT molecular complexity index is 2950. The number of halogens is 2. The van der Waals surface area contributed by atoms with Crippen molar-refractivity contribution in [2.75, 3.05) is 59.0 Å². The lowest BCUT2D eigenvalue weighted by Crippen LogP contribution is -2.40. The summed E-state index contributed by atoms with van der Waals surface area (Å²) in [5, 5.41) is 2.30. The van der Waals surface area contributed by atoms with Crippen LogP contribution in [0.15, 0.2) is 85.7 Å². The van der Waals surface area contributed by atoms with E-state index in [-0.39, 0.29) is 29.8 Å². The molecule has 0 radical (unpaired) electrons. The van der Waals surface area contributed by atoms with E-state index in [1.165, 1.54) is 85.6 Å². The number of hydrogen-bond donors (Lipinski definition) is 0. The van der Waals surface area contributed by atoms with Crippen LogP contribution in [0.5, 0.6) is 0 Å². The number of hydrogen-bond acceptors (Lipinski definition) is 8. The molecule has 1 saturated carbocycles. The average Bonchev–Trinajstić information content (AvgIpc) is 3.68. The summed E-state index contributed by atoms with van der Waals surface area (Å²) in [6.07, 6.45) is 25.7. The molecule has 0 bridgehead atoms. The summed E-state index contributed by atoms with van der Waals surface area (Å²) in [5.74, 6) is 0.421. The van der Waals surface area contributed by atoms with E-state index in [0.717, 1.165) is 81.2 Å². The molecular weight excluding hydrogens is 931 g/mol. The molecule has 2 amide bonds. The number of likely N-dealkylation sites (tertiary alicyclic amines) is 2. The third-order valence-corrected chi connectivity index (χ3v) is 16.4. The lowest BCUT2D eigenvalue weighted by molar-refractivity contribution is 0.0746. The van der Waals surface area contributed by atoms with Crippen molar-refractivity contribution in [1.29, 1.82) is 0 Å². The standard InChI is InChI=1S/C32H44FN5O3S.C25H30FN3O/c1-23(2)35(3)32(39)28-18-26(33)7-8-30(28)38-21-29(27-9-13-34-19-31(27)38)25-6-5-14-36(17-12-25)20-24-10-15-37(16-11-24)22-42(4,40)41;1-17(2)28(3)25(30)21-14-19(26)10-11-23(21)29-16-22(18-8-6-4-5-7-9-18)20-12-13-27-15-24(20)29/h7-9,13,18-19,21,23-25H,5-6,10-12,14-17,20,22H2,1-4H3;10-18H,4-9H2,1-3H3. The Morgan fingerprint density at radius 2 is 1.08 bits per heavy atom. The van der Waals surface area contributed by atoms with Gasteiger partial charge >= 0.3 is 0 Å². The molecule has 3 aliphatic rings. The molecule has 72 heavy (non-hydrogen) atoms. The molecule has 2 aliphatic heterocycles. The van der Waals surface area contributed by atoms with E-state index < -0.39 is 21.5 Å². The average molecular weight is 1010 g/mol. The highest BCUT2D eigenvalue weighted by Crippen LogP contribution is 2.39. The fraction of sp³-hybridized carbons (Fsp3) is 0.509. The SMILES string of the molecule is CC(C)N(C)C(=O)c1cc(F)ccc1-n1cc(C2CCCCCC2)c2ccncc21.CC(C)N(C)C(=O)c1cc(F)ccc1-n1cc(C2CCCN(CC3CCN(CS(C)(=O)=O)CC3)CC2)c2ccncc21. The predicted octanol–water partition coefficient (Wildman–Crippen LogP) is 11.0. The van der Waals surface area contributed by atoms with Gasteiger partial charge in [-0.25, -0.2) is 17.2 Å². The van der Waals surface area contributed by atoms with E-state index in [1.807, 2.05) is 61.6 Å². The zero-order chi connectivity index (χ0) is 51.3. The van der Waals surface area contributed by atoms with Crippen LogP contribution in [-0.2, 0) is 9.84 Å². The van der Waals surface area contributed by atoms with Gasteiger partial charge < -0.3 is 23.8 Å². The molecule has 15 heteroatoms.